The second-order valence-corrected chi connectivity index (χ2v) is 8.83. The van der Waals surface area contributed by atoms with E-state index in [4.69, 9.17) is 4.74 Å². The van der Waals surface area contributed by atoms with E-state index in [1.165, 1.54) is 15.3 Å². The molecule has 1 atom stereocenters. The van der Waals surface area contributed by atoms with Gasteiger partial charge in [-0.05, 0) is 44.4 Å². The minimum absolute atomic E-state index is 0.00928. The Hall–Kier alpha value is -1.89. The Labute approximate surface area is 172 Å². The number of aryl methyl sites for hydroxylation is 1. The second kappa shape index (κ2) is 10.0. The summed E-state index contributed by atoms with van der Waals surface area (Å²) in [6.45, 7) is 7.56. The van der Waals surface area contributed by atoms with E-state index in [1.807, 2.05) is 18.4 Å². The summed E-state index contributed by atoms with van der Waals surface area (Å²) in [6.07, 6.45) is 1.97. The maximum atomic E-state index is 5.64. The Morgan fingerprint density at radius 3 is 2.54 bits per heavy atom. The van der Waals surface area contributed by atoms with Crippen LogP contribution in [-0.4, -0.2) is 38.3 Å². The third-order valence-corrected chi connectivity index (χ3v) is 6.32. The number of hydrogen-bond donors (Lipinski definition) is 3. The summed E-state index contributed by atoms with van der Waals surface area (Å²) < 4.78 is 5.64. The molecule has 1 saturated heterocycles. The van der Waals surface area contributed by atoms with Gasteiger partial charge in [0.15, 0.2) is 5.96 Å². The Morgan fingerprint density at radius 2 is 1.89 bits per heavy atom. The quantitative estimate of drug-likeness (QED) is 0.491. The van der Waals surface area contributed by atoms with E-state index in [9.17, 15) is 0 Å². The first-order chi connectivity index (χ1) is 13.6. The van der Waals surface area contributed by atoms with Crippen molar-refractivity contribution in [2.45, 2.75) is 44.8 Å². The average molecular weight is 401 g/mol. The molecule has 0 amide bonds. The zero-order valence-electron chi connectivity index (χ0n) is 17.1. The van der Waals surface area contributed by atoms with Crippen LogP contribution in [0.1, 0.15) is 41.1 Å². The van der Waals surface area contributed by atoms with Crippen molar-refractivity contribution < 1.29 is 4.74 Å². The number of aliphatic imine (C=N–C) groups is 1. The van der Waals surface area contributed by atoms with E-state index in [0.29, 0.717) is 0 Å². The molecule has 1 fully saturated rings. The molecule has 2 aromatic rings. The molecule has 3 N–H and O–H groups in total. The van der Waals surface area contributed by atoms with Gasteiger partial charge in [0.1, 0.15) is 0 Å². The number of thiophene rings is 1. The van der Waals surface area contributed by atoms with Crippen LogP contribution in [0.2, 0.25) is 0 Å². The van der Waals surface area contributed by atoms with Crippen molar-refractivity contribution in [1.29, 1.82) is 0 Å². The van der Waals surface area contributed by atoms with Gasteiger partial charge < -0.3 is 20.7 Å². The molecule has 0 radical (unpaired) electrons. The molecule has 0 bridgehead atoms. The van der Waals surface area contributed by atoms with E-state index in [-0.39, 0.29) is 11.6 Å². The summed E-state index contributed by atoms with van der Waals surface area (Å²) in [5, 5.41) is 10.9. The summed E-state index contributed by atoms with van der Waals surface area (Å²) in [6, 6.07) is 15.2. The van der Waals surface area contributed by atoms with Gasteiger partial charge in [-0.1, -0.05) is 30.3 Å². The number of rotatable bonds is 7. The van der Waals surface area contributed by atoms with E-state index in [2.05, 4.69) is 77.3 Å². The summed E-state index contributed by atoms with van der Waals surface area (Å²) in [4.78, 5) is 7.05. The largest absolute Gasteiger partial charge is 0.381 e. The zero-order valence-corrected chi connectivity index (χ0v) is 17.9. The Morgan fingerprint density at radius 1 is 1.14 bits per heavy atom. The van der Waals surface area contributed by atoms with Crippen LogP contribution in [-0.2, 0) is 11.3 Å². The van der Waals surface area contributed by atoms with Crippen LogP contribution < -0.4 is 16.0 Å². The van der Waals surface area contributed by atoms with Crippen molar-refractivity contribution in [3.8, 4) is 0 Å². The van der Waals surface area contributed by atoms with Crippen molar-refractivity contribution in [3.63, 3.8) is 0 Å². The summed E-state index contributed by atoms with van der Waals surface area (Å²) in [5.74, 6) is 0.839. The first-order valence-electron chi connectivity index (χ1n) is 10.0. The molecule has 1 aromatic heterocycles. The zero-order chi connectivity index (χ0) is 19.8. The molecule has 3 rings (SSSR count). The van der Waals surface area contributed by atoms with Crippen LogP contribution in [0, 0.1) is 6.92 Å². The molecule has 6 heteroatoms. The van der Waals surface area contributed by atoms with E-state index < -0.39 is 0 Å². The minimum atomic E-state index is -0.00928. The SMILES string of the molecule is CN=C(NCc1ccc(C)s1)NCC1(NC(C)c2ccccc2)CCOCC1. The lowest BCUT2D eigenvalue weighted by Gasteiger charge is -2.41. The molecule has 1 aromatic carbocycles. The first-order valence-corrected chi connectivity index (χ1v) is 10.8. The van der Waals surface area contributed by atoms with Gasteiger partial charge in [0.05, 0.1) is 6.54 Å². The topological polar surface area (TPSA) is 57.7 Å². The van der Waals surface area contributed by atoms with E-state index in [1.54, 1.807) is 0 Å². The van der Waals surface area contributed by atoms with Crippen LogP contribution >= 0.6 is 11.3 Å². The fourth-order valence-electron chi connectivity index (χ4n) is 3.64. The van der Waals surface area contributed by atoms with Crippen molar-refractivity contribution >= 4 is 17.3 Å². The van der Waals surface area contributed by atoms with E-state index >= 15 is 0 Å². The van der Waals surface area contributed by atoms with Crippen LogP contribution in [0.15, 0.2) is 47.5 Å². The van der Waals surface area contributed by atoms with Gasteiger partial charge in [-0.2, -0.15) is 0 Å². The third-order valence-electron chi connectivity index (χ3n) is 5.32. The highest BCUT2D eigenvalue weighted by Crippen LogP contribution is 2.25. The maximum absolute atomic E-state index is 5.64. The Balaban J connectivity index is 1.59. The molecule has 2 heterocycles. The van der Waals surface area contributed by atoms with E-state index in [0.717, 1.165) is 45.1 Å². The van der Waals surface area contributed by atoms with Gasteiger partial charge in [-0.3, -0.25) is 4.99 Å². The lowest BCUT2D eigenvalue weighted by Crippen LogP contribution is -2.58. The van der Waals surface area contributed by atoms with Gasteiger partial charge in [-0.25, -0.2) is 0 Å². The monoisotopic (exact) mass is 400 g/mol. The lowest BCUT2D eigenvalue weighted by molar-refractivity contribution is 0.0355. The number of nitrogens with one attached hydrogen (secondary N) is 3. The fourth-order valence-corrected chi connectivity index (χ4v) is 4.47. The van der Waals surface area contributed by atoms with Crippen molar-refractivity contribution in [1.82, 2.24) is 16.0 Å². The molecule has 0 spiro atoms. The molecule has 1 aliphatic rings. The van der Waals surface area contributed by atoms with Gasteiger partial charge >= 0.3 is 0 Å². The Kier molecular flexibility index (Phi) is 7.48. The maximum Gasteiger partial charge on any atom is 0.191 e. The highest BCUT2D eigenvalue weighted by atomic mass is 32.1. The predicted octanol–water partition coefficient (Wildman–Crippen LogP) is 3.62. The first kappa shape index (κ1) is 20.8. The molecule has 0 aliphatic carbocycles. The van der Waals surface area contributed by atoms with Crippen LogP contribution in [0.3, 0.4) is 0 Å². The second-order valence-electron chi connectivity index (χ2n) is 7.46. The highest BCUT2D eigenvalue weighted by molar-refractivity contribution is 7.11. The van der Waals surface area contributed by atoms with Crippen LogP contribution in [0.4, 0.5) is 0 Å². The molecule has 0 saturated carbocycles. The van der Waals surface area contributed by atoms with Gasteiger partial charge in [-0.15, -0.1) is 11.3 Å². The molecule has 1 unspecified atom stereocenters. The van der Waals surface area contributed by atoms with Crippen LogP contribution in [0.5, 0.6) is 0 Å². The summed E-state index contributed by atoms with van der Waals surface area (Å²) in [5.41, 5.74) is 1.30. The van der Waals surface area contributed by atoms with Crippen molar-refractivity contribution in [2.75, 3.05) is 26.8 Å². The number of ether oxygens (including phenoxy) is 1. The molecular weight excluding hydrogens is 368 g/mol. The molecular formula is C22H32N4OS. The average Bonchev–Trinajstić information content (AvgIpc) is 3.14. The standard InChI is InChI=1S/C22H32N4OS/c1-17-9-10-20(28-17)15-24-21(23-3)25-16-22(11-13-27-14-12-22)26-18(2)19-7-5-4-6-8-19/h4-10,18,26H,11-16H2,1-3H3,(H2,23,24,25). The molecule has 1 aliphatic heterocycles. The predicted molar refractivity (Wildman–Crippen MR) is 118 cm³/mol. The number of hydrogen-bond acceptors (Lipinski definition) is 4. The number of nitrogens with zero attached hydrogens (tertiary/aromatic N) is 1. The highest BCUT2D eigenvalue weighted by Gasteiger charge is 2.34. The number of benzene rings is 1. The fraction of sp³-hybridized carbons (Fsp3) is 0.500. The smallest absolute Gasteiger partial charge is 0.191 e. The van der Waals surface area contributed by atoms with Gasteiger partial charge in [0, 0.05) is 48.1 Å². The summed E-state index contributed by atoms with van der Waals surface area (Å²) in [7, 11) is 1.83. The van der Waals surface area contributed by atoms with Crippen molar-refractivity contribution in [3.05, 3.63) is 57.8 Å². The Bertz CT molecular complexity index is 753. The lowest BCUT2D eigenvalue weighted by atomic mass is 9.88. The normalized spacial score (nSPS) is 17.9. The summed E-state index contributed by atoms with van der Waals surface area (Å²) >= 11 is 1.82. The minimum Gasteiger partial charge on any atom is -0.381 e. The van der Waals surface area contributed by atoms with Gasteiger partial charge in [0.25, 0.3) is 0 Å². The molecule has 5 nitrogen and oxygen atoms in total. The molecule has 28 heavy (non-hydrogen) atoms. The number of guanidine groups is 1. The molecule has 152 valence electrons. The third kappa shape index (κ3) is 5.80. The van der Waals surface area contributed by atoms with Gasteiger partial charge in [0.2, 0.25) is 0 Å². The van der Waals surface area contributed by atoms with Crippen LogP contribution in [0.25, 0.3) is 0 Å². The van der Waals surface area contributed by atoms with Crippen molar-refractivity contribution in [2.24, 2.45) is 4.99 Å².